The highest BCUT2D eigenvalue weighted by Gasteiger charge is 2.24. The summed E-state index contributed by atoms with van der Waals surface area (Å²) in [5, 5.41) is 3.76. The summed E-state index contributed by atoms with van der Waals surface area (Å²) in [5.41, 5.74) is 0.264. The van der Waals surface area contributed by atoms with E-state index in [1.54, 1.807) is 0 Å². The molecule has 0 atom stereocenters. The first kappa shape index (κ1) is 15.0. The first-order chi connectivity index (χ1) is 7.95. The standard InChI is InChI=1S/C15H32N2/c1-6-7-13-8-10-14(11-9-13)16-12-15(2,3)17(4)5/h13-14,16H,6-12H2,1-5H3. The minimum absolute atomic E-state index is 0.264. The quantitative estimate of drug-likeness (QED) is 0.766. The molecular formula is C15H32N2. The van der Waals surface area contributed by atoms with Crippen molar-refractivity contribution in [3.05, 3.63) is 0 Å². The molecule has 2 nitrogen and oxygen atoms in total. The summed E-state index contributed by atoms with van der Waals surface area (Å²) in [7, 11) is 4.33. The van der Waals surface area contributed by atoms with Gasteiger partial charge in [0.25, 0.3) is 0 Å². The Labute approximate surface area is 108 Å². The smallest absolute Gasteiger partial charge is 0.0271 e. The zero-order valence-electron chi connectivity index (χ0n) is 12.6. The molecule has 0 spiro atoms. The Hall–Kier alpha value is -0.0800. The molecule has 0 aromatic heterocycles. The normalized spacial score (nSPS) is 26.5. The van der Waals surface area contributed by atoms with Crippen molar-refractivity contribution in [1.29, 1.82) is 0 Å². The number of hydrogen-bond acceptors (Lipinski definition) is 2. The van der Waals surface area contributed by atoms with Gasteiger partial charge in [-0.25, -0.2) is 0 Å². The van der Waals surface area contributed by atoms with Gasteiger partial charge < -0.3 is 10.2 Å². The van der Waals surface area contributed by atoms with Gasteiger partial charge in [-0.2, -0.15) is 0 Å². The Bertz CT molecular complexity index is 203. The molecule has 0 saturated heterocycles. The van der Waals surface area contributed by atoms with Gasteiger partial charge in [-0.15, -0.1) is 0 Å². The molecule has 1 saturated carbocycles. The number of likely N-dealkylation sites (N-methyl/N-ethyl adjacent to an activating group) is 1. The Morgan fingerprint density at radius 1 is 1.12 bits per heavy atom. The van der Waals surface area contributed by atoms with Gasteiger partial charge in [0.2, 0.25) is 0 Å². The van der Waals surface area contributed by atoms with E-state index in [0.717, 1.165) is 18.5 Å². The van der Waals surface area contributed by atoms with Crippen LogP contribution in [-0.4, -0.2) is 37.1 Å². The third kappa shape index (κ3) is 4.97. The van der Waals surface area contributed by atoms with Gasteiger partial charge in [0.05, 0.1) is 0 Å². The molecule has 1 aliphatic rings. The monoisotopic (exact) mass is 240 g/mol. The van der Waals surface area contributed by atoms with Crippen molar-refractivity contribution < 1.29 is 0 Å². The maximum absolute atomic E-state index is 3.76. The maximum Gasteiger partial charge on any atom is 0.0271 e. The van der Waals surface area contributed by atoms with Crippen LogP contribution in [0.15, 0.2) is 0 Å². The van der Waals surface area contributed by atoms with E-state index in [1.807, 2.05) is 0 Å². The molecule has 1 fully saturated rings. The lowest BCUT2D eigenvalue weighted by molar-refractivity contribution is 0.173. The summed E-state index contributed by atoms with van der Waals surface area (Å²) >= 11 is 0. The maximum atomic E-state index is 3.76. The number of nitrogens with one attached hydrogen (secondary N) is 1. The number of hydrogen-bond donors (Lipinski definition) is 1. The van der Waals surface area contributed by atoms with Crippen molar-refractivity contribution in [2.75, 3.05) is 20.6 Å². The second kappa shape index (κ2) is 6.75. The average Bonchev–Trinajstić information content (AvgIpc) is 2.28. The van der Waals surface area contributed by atoms with Crippen LogP contribution in [0.5, 0.6) is 0 Å². The second-order valence-electron chi connectivity index (χ2n) is 6.59. The molecule has 1 aliphatic carbocycles. The first-order valence-electron chi connectivity index (χ1n) is 7.36. The predicted octanol–water partition coefficient (Wildman–Crippen LogP) is 3.28. The van der Waals surface area contributed by atoms with E-state index >= 15 is 0 Å². The van der Waals surface area contributed by atoms with Crippen LogP contribution in [0.3, 0.4) is 0 Å². The van der Waals surface area contributed by atoms with Crippen LogP contribution < -0.4 is 5.32 Å². The molecular weight excluding hydrogens is 208 g/mol. The molecule has 1 rings (SSSR count). The Morgan fingerprint density at radius 3 is 2.18 bits per heavy atom. The fraction of sp³-hybridized carbons (Fsp3) is 1.00. The van der Waals surface area contributed by atoms with Crippen LogP contribution in [-0.2, 0) is 0 Å². The second-order valence-corrected chi connectivity index (χ2v) is 6.59. The van der Waals surface area contributed by atoms with E-state index in [1.165, 1.54) is 38.5 Å². The van der Waals surface area contributed by atoms with Gasteiger partial charge in [0.1, 0.15) is 0 Å². The van der Waals surface area contributed by atoms with E-state index in [2.05, 4.69) is 45.1 Å². The third-order valence-electron chi connectivity index (χ3n) is 4.58. The summed E-state index contributed by atoms with van der Waals surface area (Å²) in [6.07, 6.45) is 8.44. The summed E-state index contributed by atoms with van der Waals surface area (Å²) in [4.78, 5) is 2.31. The lowest BCUT2D eigenvalue weighted by Crippen LogP contribution is -2.49. The molecule has 0 bridgehead atoms. The molecule has 102 valence electrons. The fourth-order valence-electron chi connectivity index (χ4n) is 2.62. The molecule has 0 radical (unpaired) electrons. The van der Waals surface area contributed by atoms with Crippen LogP contribution in [0.4, 0.5) is 0 Å². The van der Waals surface area contributed by atoms with Crippen molar-refractivity contribution in [2.24, 2.45) is 5.92 Å². The van der Waals surface area contributed by atoms with Crippen LogP contribution in [0, 0.1) is 5.92 Å². The molecule has 0 heterocycles. The predicted molar refractivity (Wildman–Crippen MR) is 76.4 cm³/mol. The van der Waals surface area contributed by atoms with Gasteiger partial charge >= 0.3 is 0 Å². The fourth-order valence-corrected chi connectivity index (χ4v) is 2.62. The van der Waals surface area contributed by atoms with Crippen molar-refractivity contribution >= 4 is 0 Å². The topological polar surface area (TPSA) is 15.3 Å². The Morgan fingerprint density at radius 2 is 1.71 bits per heavy atom. The zero-order chi connectivity index (χ0) is 12.9. The average molecular weight is 240 g/mol. The van der Waals surface area contributed by atoms with E-state index in [4.69, 9.17) is 0 Å². The van der Waals surface area contributed by atoms with Crippen LogP contribution in [0.25, 0.3) is 0 Å². The lowest BCUT2D eigenvalue weighted by atomic mass is 9.83. The van der Waals surface area contributed by atoms with E-state index in [0.29, 0.717) is 0 Å². The highest BCUT2D eigenvalue weighted by atomic mass is 15.2. The molecule has 0 aromatic rings. The molecule has 0 aliphatic heterocycles. The Balaban J connectivity index is 2.22. The van der Waals surface area contributed by atoms with Gasteiger partial charge in [-0.3, -0.25) is 0 Å². The minimum atomic E-state index is 0.264. The molecule has 17 heavy (non-hydrogen) atoms. The molecule has 1 N–H and O–H groups in total. The third-order valence-corrected chi connectivity index (χ3v) is 4.58. The molecule has 0 aromatic carbocycles. The summed E-state index contributed by atoms with van der Waals surface area (Å²) in [5.74, 6) is 1.01. The van der Waals surface area contributed by atoms with Crippen LogP contribution in [0.2, 0.25) is 0 Å². The molecule has 0 unspecified atom stereocenters. The number of nitrogens with zero attached hydrogens (tertiary/aromatic N) is 1. The van der Waals surface area contributed by atoms with Gasteiger partial charge in [0.15, 0.2) is 0 Å². The van der Waals surface area contributed by atoms with Crippen molar-refractivity contribution in [1.82, 2.24) is 10.2 Å². The van der Waals surface area contributed by atoms with Gasteiger partial charge in [-0.1, -0.05) is 19.8 Å². The van der Waals surface area contributed by atoms with E-state index in [-0.39, 0.29) is 5.54 Å². The lowest BCUT2D eigenvalue weighted by Gasteiger charge is -2.36. The van der Waals surface area contributed by atoms with Crippen molar-refractivity contribution in [3.63, 3.8) is 0 Å². The SMILES string of the molecule is CCCC1CCC(NCC(C)(C)N(C)C)CC1. The first-order valence-corrected chi connectivity index (χ1v) is 7.36. The zero-order valence-corrected chi connectivity index (χ0v) is 12.6. The van der Waals surface area contributed by atoms with E-state index in [9.17, 15) is 0 Å². The minimum Gasteiger partial charge on any atom is -0.312 e. The van der Waals surface area contributed by atoms with E-state index < -0.39 is 0 Å². The van der Waals surface area contributed by atoms with Gasteiger partial charge in [-0.05, 0) is 59.5 Å². The summed E-state index contributed by atoms with van der Waals surface area (Å²) in [6, 6.07) is 0.766. The van der Waals surface area contributed by atoms with Crippen molar-refractivity contribution in [2.45, 2.75) is 70.9 Å². The molecule has 0 amide bonds. The Kier molecular flexibility index (Phi) is 5.94. The highest BCUT2D eigenvalue weighted by Crippen LogP contribution is 2.27. The van der Waals surface area contributed by atoms with Crippen LogP contribution in [0.1, 0.15) is 59.3 Å². The number of rotatable bonds is 6. The van der Waals surface area contributed by atoms with Crippen LogP contribution >= 0.6 is 0 Å². The van der Waals surface area contributed by atoms with Crippen molar-refractivity contribution in [3.8, 4) is 0 Å². The highest BCUT2D eigenvalue weighted by molar-refractivity contribution is 4.84. The summed E-state index contributed by atoms with van der Waals surface area (Å²) in [6.45, 7) is 8.03. The largest absolute Gasteiger partial charge is 0.312 e. The summed E-state index contributed by atoms with van der Waals surface area (Å²) < 4.78 is 0. The van der Waals surface area contributed by atoms with Gasteiger partial charge in [0, 0.05) is 18.1 Å². The molecule has 2 heteroatoms.